The quantitative estimate of drug-likeness (QED) is 0.849. The van der Waals surface area contributed by atoms with Crippen molar-refractivity contribution in [3.8, 4) is 5.75 Å². The lowest BCUT2D eigenvalue weighted by atomic mass is 10.1. The summed E-state index contributed by atoms with van der Waals surface area (Å²) in [5.74, 6) is 2.98. The fourth-order valence-electron chi connectivity index (χ4n) is 2.54. The van der Waals surface area contributed by atoms with Crippen LogP contribution < -0.4 is 4.74 Å². The minimum Gasteiger partial charge on any atom is -0.493 e. The summed E-state index contributed by atoms with van der Waals surface area (Å²) in [6.07, 6.45) is 1.02. The molecule has 5 heteroatoms. The van der Waals surface area contributed by atoms with Crippen molar-refractivity contribution < 1.29 is 4.74 Å². The zero-order chi connectivity index (χ0) is 14.1. The van der Waals surface area contributed by atoms with Crippen molar-refractivity contribution in [1.82, 2.24) is 19.7 Å². The molecule has 1 aliphatic rings. The smallest absolute Gasteiger partial charge is 0.146 e. The van der Waals surface area contributed by atoms with Crippen LogP contribution >= 0.6 is 0 Å². The van der Waals surface area contributed by atoms with Crippen LogP contribution in [0.15, 0.2) is 18.2 Å². The Morgan fingerprint density at radius 2 is 2.15 bits per heavy atom. The summed E-state index contributed by atoms with van der Waals surface area (Å²) in [6.45, 7) is 4.48. The van der Waals surface area contributed by atoms with Crippen molar-refractivity contribution in [3.63, 3.8) is 0 Å². The monoisotopic (exact) mass is 272 g/mol. The second-order valence-electron chi connectivity index (χ2n) is 5.44. The van der Waals surface area contributed by atoms with E-state index < -0.39 is 0 Å². The third kappa shape index (κ3) is 2.54. The first-order valence-corrected chi connectivity index (χ1v) is 6.91. The van der Waals surface area contributed by atoms with Crippen LogP contribution in [0.1, 0.15) is 22.8 Å². The molecule has 106 valence electrons. The fourth-order valence-corrected chi connectivity index (χ4v) is 2.54. The molecule has 5 nitrogen and oxygen atoms in total. The van der Waals surface area contributed by atoms with Gasteiger partial charge in [-0.25, -0.2) is 0 Å². The zero-order valence-electron chi connectivity index (χ0n) is 12.3. The van der Waals surface area contributed by atoms with Crippen molar-refractivity contribution in [1.29, 1.82) is 0 Å². The van der Waals surface area contributed by atoms with E-state index in [1.54, 1.807) is 0 Å². The van der Waals surface area contributed by atoms with E-state index >= 15 is 0 Å². The van der Waals surface area contributed by atoms with E-state index in [0.717, 1.165) is 43.5 Å². The Morgan fingerprint density at radius 1 is 1.30 bits per heavy atom. The molecule has 0 fully saturated rings. The van der Waals surface area contributed by atoms with Gasteiger partial charge in [0.05, 0.1) is 13.2 Å². The molecule has 0 N–H and O–H groups in total. The van der Waals surface area contributed by atoms with Gasteiger partial charge in [-0.05, 0) is 31.2 Å². The Balaban J connectivity index is 1.67. The average molecular weight is 272 g/mol. The molecule has 0 radical (unpaired) electrons. The van der Waals surface area contributed by atoms with Gasteiger partial charge in [0.25, 0.3) is 0 Å². The lowest BCUT2D eigenvalue weighted by Gasteiger charge is -2.16. The number of hydrogen-bond acceptors (Lipinski definition) is 4. The van der Waals surface area contributed by atoms with Gasteiger partial charge >= 0.3 is 0 Å². The van der Waals surface area contributed by atoms with Crippen LogP contribution in [0.4, 0.5) is 0 Å². The molecular formula is C15H20N4O. The summed E-state index contributed by atoms with van der Waals surface area (Å²) in [4.78, 5) is 2.25. The second kappa shape index (κ2) is 5.25. The maximum Gasteiger partial charge on any atom is 0.146 e. The minimum absolute atomic E-state index is 0.797. The SMILES string of the molecule is Cc1nnc(CN(C)Cc2ccc3c(c2)CCO3)n1C. The molecule has 0 atom stereocenters. The number of ether oxygens (including phenoxy) is 1. The Hall–Kier alpha value is -1.88. The van der Waals surface area contributed by atoms with E-state index in [1.165, 1.54) is 11.1 Å². The molecular weight excluding hydrogens is 252 g/mol. The van der Waals surface area contributed by atoms with Gasteiger partial charge in [-0.3, -0.25) is 4.90 Å². The first-order chi connectivity index (χ1) is 9.63. The molecule has 1 aromatic heterocycles. The second-order valence-corrected chi connectivity index (χ2v) is 5.44. The van der Waals surface area contributed by atoms with Crippen molar-refractivity contribution in [2.45, 2.75) is 26.4 Å². The molecule has 0 saturated heterocycles. The number of aryl methyl sites for hydroxylation is 1. The number of nitrogens with zero attached hydrogens (tertiary/aromatic N) is 4. The molecule has 3 rings (SSSR count). The fraction of sp³-hybridized carbons (Fsp3) is 0.467. The van der Waals surface area contributed by atoms with E-state index in [2.05, 4.69) is 40.3 Å². The van der Waals surface area contributed by atoms with Gasteiger partial charge in [0, 0.05) is 20.0 Å². The molecule has 0 aliphatic carbocycles. The lowest BCUT2D eigenvalue weighted by Crippen LogP contribution is -2.19. The highest BCUT2D eigenvalue weighted by atomic mass is 16.5. The third-order valence-corrected chi connectivity index (χ3v) is 3.80. The summed E-state index contributed by atoms with van der Waals surface area (Å²) in [6, 6.07) is 6.47. The van der Waals surface area contributed by atoms with E-state index in [0.29, 0.717) is 0 Å². The number of benzene rings is 1. The van der Waals surface area contributed by atoms with Crippen molar-refractivity contribution >= 4 is 0 Å². The summed E-state index contributed by atoms with van der Waals surface area (Å²) in [5, 5.41) is 8.30. The van der Waals surface area contributed by atoms with Crippen molar-refractivity contribution in [2.75, 3.05) is 13.7 Å². The van der Waals surface area contributed by atoms with Gasteiger partial charge in [-0.2, -0.15) is 0 Å². The van der Waals surface area contributed by atoms with E-state index in [9.17, 15) is 0 Å². The maximum atomic E-state index is 5.54. The Bertz CT molecular complexity index is 620. The number of rotatable bonds is 4. The lowest BCUT2D eigenvalue weighted by molar-refractivity contribution is 0.306. The van der Waals surface area contributed by atoms with Crippen LogP contribution in [0.2, 0.25) is 0 Å². The topological polar surface area (TPSA) is 43.2 Å². The molecule has 2 aromatic rings. The Morgan fingerprint density at radius 3 is 2.90 bits per heavy atom. The molecule has 0 bridgehead atoms. The van der Waals surface area contributed by atoms with Crippen molar-refractivity contribution in [2.24, 2.45) is 7.05 Å². The van der Waals surface area contributed by atoms with Crippen LogP contribution in [0.25, 0.3) is 0 Å². The average Bonchev–Trinajstić information content (AvgIpc) is 3.00. The van der Waals surface area contributed by atoms with Gasteiger partial charge in [0.1, 0.15) is 17.4 Å². The molecule has 0 unspecified atom stereocenters. The standard InChI is InChI=1S/C15H20N4O/c1-11-16-17-15(19(11)3)10-18(2)9-12-4-5-14-13(8-12)6-7-20-14/h4-5,8H,6-7,9-10H2,1-3H3. The van der Waals surface area contributed by atoms with Gasteiger partial charge in [0.15, 0.2) is 0 Å². The van der Waals surface area contributed by atoms with Gasteiger partial charge in [-0.1, -0.05) is 12.1 Å². The number of hydrogen-bond donors (Lipinski definition) is 0. The normalized spacial score (nSPS) is 13.6. The molecule has 1 aliphatic heterocycles. The van der Waals surface area contributed by atoms with Crippen LogP contribution in [0.3, 0.4) is 0 Å². The molecule has 1 aromatic carbocycles. The summed E-state index contributed by atoms with van der Waals surface area (Å²) in [7, 11) is 4.11. The van der Waals surface area contributed by atoms with Crippen LogP contribution in [0, 0.1) is 6.92 Å². The van der Waals surface area contributed by atoms with Gasteiger partial charge in [-0.15, -0.1) is 10.2 Å². The highest BCUT2D eigenvalue weighted by molar-refractivity contribution is 5.39. The summed E-state index contributed by atoms with van der Waals surface area (Å²) < 4.78 is 7.57. The first-order valence-electron chi connectivity index (χ1n) is 6.91. The zero-order valence-corrected chi connectivity index (χ0v) is 12.3. The molecule has 2 heterocycles. The highest BCUT2D eigenvalue weighted by Crippen LogP contribution is 2.26. The van der Waals surface area contributed by atoms with Crippen LogP contribution in [-0.2, 0) is 26.6 Å². The van der Waals surface area contributed by atoms with Crippen LogP contribution in [0.5, 0.6) is 5.75 Å². The van der Waals surface area contributed by atoms with E-state index in [4.69, 9.17) is 4.74 Å². The Labute approximate surface area is 119 Å². The summed E-state index contributed by atoms with van der Waals surface area (Å²) in [5.41, 5.74) is 2.64. The number of fused-ring (bicyclic) bond motifs is 1. The highest BCUT2D eigenvalue weighted by Gasteiger charge is 2.13. The molecule has 0 amide bonds. The maximum absolute atomic E-state index is 5.54. The summed E-state index contributed by atoms with van der Waals surface area (Å²) >= 11 is 0. The van der Waals surface area contributed by atoms with Crippen LogP contribution in [-0.4, -0.2) is 33.3 Å². The Kier molecular flexibility index (Phi) is 3.44. The van der Waals surface area contributed by atoms with Gasteiger partial charge < -0.3 is 9.30 Å². The molecule has 0 saturated carbocycles. The number of aromatic nitrogens is 3. The van der Waals surface area contributed by atoms with E-state index in [1.807, 2.05) is 18.5 Å². The third-order valence-electron chi connectivity index (χ3n) is 3.80. The predicted octanol–water partition coefficient (Wildman–Crippen LogP) is 1.69. The van der Waals surface area contributed by atoms with Crippen molar-refractivity contribution in [3.05, 3.63) is 41.0 Å². The first kappa shape index (κ1) is 13.1. The minimum atomic E-state index is 0.797. The predicted molar refractivity (Wildman–Crippen MR) is 76.6 cm³/mol. The largest absolute Gasteiger partial charge is 0.493 e. The molecule has 0 spiro atoms. The molecule has 20 heavy (non-hydrogen) atoms. The van der Waals surface area contributed by atoms with E-state index in [-0.39, 0.29) is 0 Å². The van der Waals surface area contributed by atoms with Gasteiger partial charge in [0.2, 0.25) is 0 Å².